The maximum Gasteiger partial charge on any atom is 0.292 e. The van der Waals surface area contributed by atoms with E-state index in [2.05, 4.69) is 0 Å². The molecule has 0 saturated heterocycles. The molecule has 0 aromatic heterocycles. The van der Waals surface area contributed by atoms with Crippen LogP contribution in [-0.2, 0) is 6.42 Å². The smallest absolute Gasteiger partial charge is 0.292 e. The van der Waals surface area contributed by atoms with Crippen molar-refractivity contribution in [3.63, 3.8) is 0 Å². The Balaban J connectivity index is 3.15. The number of benzene rings is 1. The molecule has 1 rings (SSSR count). The molecule has 0 saturated carbocycles. The Morgan fingerprint density at radius 1 is 1.47 bits per heavy atom. The molecule has 1 aromatic carbocycles. The van der Waals surface area contributed by atoms with Crippen LogP contribution in [-0.4, -0.2) is 25.6 Å². The Morgan fingerprint density at radius 2 is 2.13 bits per heavy atom. The molecule has 2 N–H and O–H groups in total. The number of hydrogen-bond acceptors (Lipinski definition) is 4. The fraction of sp³-hybridized carbons (Fsp3) is 0.400. The second-order valence-electron chi connectivity index (χ2n) is 3.51. The Hall–Kier alpha value is -1.62. The molecule has 5 nitrogen and oxygen atoms in total. The fourth-order valence-corrected chi connectivity index (χ4v) is 1.42. The Morgan fingerprint density at radius 3 is 2.60 bits per heavy atom. The van der Waals surface area contributed by atoms with Crippen LogP contribution in [0.5, 0.6) is 0 Å². The van der Waals surface area contributed by atoms with Crippen molar-refractivity contribution in [1.29, 1.82) is 0 Å². The molecular formula is C10H15N3O2. The van der Waals surface area contributed by atoms with Crippen molar-refractivity contribution in [2.24, 2.45) is 5.73 Å². The second kappa shape index (κ2) is 4.75. The van der Waals surface area contributed by atoms with Crippen molar-refractivity contribution in [1.82, 2.24) is 0 Å². The van der Waals surface area contributed by atoms with Crippen molar-refractivity contribution < 1.29 is 4.92 Å². The summed E-state index contributed by atoms with van der Waals surface area (Å²) in [4.78, 5) is 12.2. The highest BCUT2D eigenvalue weighted by Crippen LogP contribution is 2.27. The summed E-state index contributed by atoms with van der Waals surface area (Å²) in [6.45, 7) is 0.498. The molecular weight excluding hydrogens is 194 g/mol. The molecule has 0 heterocycles. The lowest BCUT2D eigenvalue weighted by molar-refractivity contribution is -0.384. The zero-order chi connectivity index (χ0) is 11.4. The van der Waals surface area contributed by atoms with Gasteiger partial charge in [-0.15, -0.1) is 0 Å². The van der Waals surface area contributed by atoms with Gasteiger partial charge in [-0.3, -0.25) is 10.1 Å². The van der Waals surface area contributed by atoms with Crippen LogP contribution in [0.4, 0.5) is 11.4 Å². The molecule has 0 unspecified atom stereocenters. The predicted molar refractivity (Wildman–Crippen MR) is 60.2 cm³/mol. The first kappa shape index (κ1) is 11.5. The molecule has 0 fully saturated rings. The zero-order valence-corrected chi connectivity index (χ0v) is 8.93. The largest absolute Gasteiger partial charge is 0.372 e. The first-order chi connectivity index (χ1) is 7.06. The lowest BCUT2D eigenvalue weighted by Crippen LogP contribution is -2.11. The highest BCUT2D eigenvalue weighted by atomic mass is 16.6. The first-order valence-electron chi connectivity index (χ1n) is 4.71. The van der Waals surface area contributed by atoms with E-state index in [4.69, 9.17) is 5.73 Å². The molecule has 0 radical (unpaired) electrons. The Kier molecular flexibility index (Phi) is 3.62. The lowest BCUT2D eigenvalue weighted by Gasteiger charge is -2.13. The van der Waals surface area contributed by atoms with E-state index in [1.165, 1.54) is 0 Å². The first-order valence-corrected chi connectivity index (χ1v) is 4.71. The lowest BCUT2D eigenvalue weighted by atomic mass is 10.1. The number of hydrogen-bond donors (Lipinski definition) is 1. The van der Waals surface area contributed by atoms with Crippen molar-refractivity contribution in [2.75, 3.05) is 25.5 Å². The average Bonchev–Trinajstić information content (AvgIpc) is 2.17. The van der Waals surface area contributed by atoms with E-state index in [-0.39, 0.29) is 10.6 Å². The molecule has 0 spiro atoms. The molecule has 1 aromatic rings. The van der Waals surface area contributed by atoms with Crippen molar-refractivity contribution >= 4 is 11.4 Å². The minimum Gasteiger partial charge on any atom is -0.372 e. The minimum atomic E-state index is -0.366. The van der Waals surface area contributed by atoms with Gasteiger partial charge in [-0.05, 0) is 24.6 Å². The standard InChI is InChI=1S/C10H15N3O2/c1-12(2)9-4-3-8(5-6-11)7-10(9)13(14)15/h3-4,7H,5-6,11H2,1-2H3. The van der Waals surface area contributed by atoms with Crippen molar-refractivity contribution in [3.05, 3.63) is 33.9 Å². The van der Waals surface area contributed by atoms with Crippen molar-refractivity contribution in [3.8, 4) is 0 Å². The maximum atomic E-state index is 10.8. The number of nitro benzene ring substituents is 1. The van der Waals surface area contributed by atoms with Gasteiger partial charge in [0.1, 0.15) is 5.69 Å². The third-order valence-electron chi connectivity index (χ3n) is 2.15. The molecule has 82 valence electrons. The third kappa shape index (κ3) is 2.66. The molecule has 5 heteroatoms. The van der Waals surface area contributed by atoms with E-state index < -0.39 is 0 Å². The maximum absolute atomic E-state index is 10.8. The second-order valence-corrected chi connectivity index (χ2v) is 3.51. The number of anilines is 1. The topological polar surface area (TPSA) is 72.4 Å². The highest BCUT2D eigenvalue weighted by Gasteiger charge is 2.15. The van der Waals surface area contributed by atoms with Gasteiger partial charge < -0.3 is 10.6 Å². The van der Waals surface area contributed by atoms with Crippen molar-refractivity contribution in [2.45, 2.75) is 6.42 Å². The van der Waals surface area contributed by atoms with Crippen LogP contribution in [0.3, 0.4) is 0 Å². The number of nitrogens with zero attached hydrogens (tertiary/aromatic N) is 2. The molecule has 0 amide bonds. The van der Waals surface area contributed by atoms with Crippen LogP contribution in [0.15, 0.2) is 18.2 Å². The number of rotatable bonds is 4. The Labute approximate surface area is 88.6 Å². The average molecular weight is 209 g/mol. The molecule has 0 aliphatic carbocycles. The van der Waals surface area contributed by atoms with Crippen LogP contribution in [0.1, 0.15) is 5.56 Å². The highest BCUT2D eigenvalue weighted by molar-refractivity contribution is 5.63. The van der Waals surface area contributed by atoms with E-state index in [0.29, 0.717) is 18.7 Å². The molecule has 0 aliphatic heterocycles. The zero-order valence-electron chi connectivity index (χ0n) is 8.93. The van der Waals surface area contributed by atoms with E-state index in [9.17, 15) is 10.1 Å². The van der Waals surface area contributed by atoms with Crippen LogP contribution in [0, 0.1) is 10.1 Å². The SMILES string of the molecule is CN(C)c1ccc(CCN)cc1[N+](=O)[O-]. The van der Waals surface area contributed by atoms with Gasteiger partial charge in [0.25, 0.3) is 5.69 Å². The van der Waals surface area contributed by atoms with Gasteiger partial charge in [0.15, 0.2) is 0 Å². The summed E-state index contributed by atoms with van der Waals surface area (Å²) in [6.07, 6.45) is 0.661. The monoisotopic (exact) mass is 209 g/mol. The summed E-state index contributed by atoms with van der Waals surface area (Å²) >= 11 is 0. The van der Waals surface area contributed by atoms with Gasteiger partial charge in [0.2, 0.25) is 0 Å². The van der Waals surface area contributed by atoms with Crippen LogP contribution in [0.25, 0.3) is 0 Å². The van der Waals surface area contributed by atoms with Crippen LogP contribution >= 0.6 is 0 Å². The summed E-state index contributed by atoms with van der Waals surface area (Å²) in [5.74, 6) is 0. The minimum absolute atomic E-state index is 0.131. The van der Waals surface area contributed by atoms with Gasteiger partial charge in [0, 0.05) is 20.2 Å². The summed E-state index contributed by atoms with van der Waals surface area (Å²) in [5.41, 5.74) is 7.04. The fourth-order valence-electron chi connectivity index (χ4n) is 1.42. The summed E-state index contributed by atoms with van der Waals surface area (Å²) < 4.78 is 0. The van der Waals surface area contributed by atoms with E-state index in [0.717, 1.165) is 5.56 Å². The van der Waals surface area contributed by atoms with E-state index >= 15 is 0 Å². The van der Waals surface area contributed by atoms with Crippen LogP contribution in [0.2, 0.25) is 0 Å². The van der Waals surface area contributed by atoms with E-state index in [1.807, 2.05) is 6.07 Å². The third-order valence-corrected chi connectivity index (χ3v) is 2.15. The predicted octanol–water partition coefficient (Wildman–Crippen LogP) is 1.16. The van der Waals surface area contributed by atoms with E-state index in [1.54, 1.807) is 31.1 Å². The molecule has 15 heavy (non-hydrogen) atoms. The van der Waals surface area contributed by atoms with Crippen LogP contribution < -0.4 is 10.6 Å². The molecule has 0 aliphatic rings. The van der Waals surface area contributed by atoms with Gasteiger partial charge in [-0.25, -0.2) is 0 Å². The van der Waals surface area contributed by atoms with Gasteiger partial charge >= 0.3 is 0 Å². The number of nitro groups is 1. The quantitative estimate of drug-likeness (QED) is 0.596. The van der Waals surface area contributed by atoms with Gasteiger partial charge in [0.05, 0.1) is 4.92 Å². The summed E-state index contributed by atoms with van der Waals surface area (Å²) in [5, 5.41) is 10.8. The van der Waals surface area contributed by atoms with Gasteiger partial charge in [-0.2, -0.15) is 0 Å². The normalized spacial score (nSPS) is 10.1. The van der Waals surface area contributed by atoms with Gasteiger partial charge in [-0.1, -0.05) is 6.07 Å². The molecule has 0 bridgehead atoms. The summed E-state index contributed by atoms with van der Waals surface area (Å²) in [6, 6.07) is 5.21. The summed E-state index contributed by atoms with van der Waals surface area (Å²) in [7, 11) is 3.57. The molecule has 0 atom stereocenters. The Bertz CT molecular complexity index is 364. The number of nitrogens with two attached hydrogens (primary N) is 1.